The zero-order valence-corrected chi connectivity index (χ0v) is 14.6. The van der Waals surface area contributed by atoms with Crippen molar-refractivity contribution in [3.8, 4) is 0 Å². The van der Waals surface area contributed by atoms with Gasteiger partial charge in [0, 0.05) is 12.6 Å². The number of rotatable bonds is 4. The Balaban J connectivity index is 0.00000264. The van der Waals surface area contributed by atoms with E-state index in [0.29, 0.717) is 12.5 Å². The van der Waals surface area contributed by atoms with Gasteiger partial charge in [-0.05, 0) is 37.1 Å². The van der Waals surface area contributed by atoms with Crippen molar-refractivity contribution >= 4 is 34.0 Å². The molecule has 1 saturated heterocycles. The number of carbonyl (C=O) groups is 1. The van der Waals surface area contributed by atoms with Gasteiger partial charge in [-0.2, -0.15) is 0 Å². The molecule has 1 heterocycles. The van der Waals surface area contributed by atoms with Gasteiger partial charge in [-0.3, -0.25) is 9.52 Å². The van der Waals surface area contributed by atoms with Crippen LogP contribution in [-0.4, -0.2) is 39.7 Å². The third-order valence-corrected chi connectivity index (χ3v) is 4.26. The zero-order valence-electron chi connectivity index (χ0n) is 12.9. The summed E-state index contributed by atoms with van der Waals surface area (Å²) in [5, 5.41) is 6.02. The molecule has 0 saturated carbocycles. The van der Waals surface area contributed by atoms with Crippen molar-refractivity contribution in [3.63, 3.8) is 0 Å². The van der Waals surface area contributed by atoms with E-state index in [0.717, 1.165) is 31.4 Å². The van der Waals surface area contributed by atoms with Gasteiger partial charge in [0.05, 0.1) is 17.5 Å². The Labute approximate surface area is 141 Å². The Morgan fingerprint density at radius 1 is 1.39 bits per heavy atom. The molecule has 1 aliphatic heterocycles. The number of hydrogen-bond donors (Lipinski definition) is 3. The van der Waals surface area contributed by atoms with Gasteiger partial charge in [-0.15, -0.1) is 12.4 Å². The molecule has 1 aliphatic rings. The van der Waals surface area contributed by atoms with Gasteiger partial charge in [-0.25, -0.2) is 12.8 Å². The van der Waals surface area contributed by atoms with Crippen LogP contribution in [0.5, 0.6) is 0 Å². The summed E-state index contributed by atoms with van der Waals surface area (Å²) in [6.07, 6.45) is 1.91. The highest BCUT2D eigenvalue weighted by Crippen LogP contribution is 2.19. The highest BCUT2D eigenvalue weighted by Gasteiger charge is 2.24. The molecule has 2 rings (SSSR count). The van der Waals surface area contributed by atoms with E-state index in [1.54, 1.807) is 0 Å². The summed E-state index contributed by atoms with van der Waals surface area (Å²) in [5.41, 5.74) is 0.0426. The molecule has 1 fully saturated rings. The van der Waals surface area contributed by atoms with Crippen molar-refractivity contribution < 1.29 is 17.6 Å². The van der Waals surface area contributed by atoms with Gasteiger partial charge >= 0.3 is 0 Å². The van der Waals surface area contributed by atoms with Crippen molar-refractivity contribution in [2.45, 2.75) is 19.4 Å². The van der Waals surface area contributed by atoms with Crippen molar-refractivity contribution in [1.29, 1.82) is 0 Å². The second-order valence-electron chi connectivity index (χ2n) is 5.61. The molecule has 6 nitrogen and oxygen atoms in total. The third-order valence-electron chi connectivity index (χ3n) is 3.67. The predicted molar refractivity (Wildman–Crippen MR) is 90.0 cm³/mol. The lowest BCUT2D eigenvalue weighted by Crippen LogP contribution is -2.50. The van der Waals surface area contributed by atoms with Crippen LogP contribution >= 0.6 is 12.4 Å². The van der Waals surface area contributed by atoms with Crippen LogP contribution < -0.4 is 15.4 Å². The van der Waals surface area contributed by atoms with E-state index in [9.17, 15) is 17.6 Å². The van der Waals surface area contributed by atoms with Crippen molar-refractivity contribution in [1.82, 2.24) is 10.6 Å². The van der Waals surface area contributed by atoms with E-state index < -0.39 is 21.7 Å². The molecule has 1 amide bonds. The fourth-order valence-electron chi connectivity index (χ4n) is 2.42. The largest absolute Gasteiger partial charge is 0.348 e. The lowest BCUT2D eigenvalue weighted by Gasteiger charge is -2.30. The SMILES string of the molecule is CC1CCNCC1NC(=O)c1cc(F)ccc1NS(C)(=O)=O.Cl. The Morgan fingerprint density at radius 3 is 2.70 bits per heavy atom. The van der Waals surface area contributed by atoms with E-state index in [1.807, 2.05) is 6.92 Å². The molecule has 1 aromatic carbocycles. The molecular weight excluding hydrogens is 345 g/mol. The second-order valence-corrected chi connectivity index (χ2v) is 7.36. The van der Waals surface area contributed by atoms with Crippen molar-refractivity contribution in [2.24, 2.45) is 5.92 Å². The first-order valence-electron chi connectivity index (χ1n) is 7.05. The second kappa shape index (κ2) is 7.94. The Kier molecular flexibility index (Phi) is 6.79. The number of halogens is 2. The summed E-state index contributed by atoms with van der Waals surface area (Å²) in [6, 6.07) is 3.31. The number of benzene rings is 1. The first-order valence-corrected chi connectivity index (χ1v) is 8.94. The lowest BCUT2D eigenvalue weighted by atomic mass is 9.94. The predicted octanol–water partition coefficient (Wildman–Crippen LogP) is 1.35. The number of nitrogens with one attached hydrogen (secondary N) is 3. The normalized spacial score (nSPS) is 21.2. The van der Waals surface area contributed by atoms with Crippen LogP contribution in [0.25, 0.3) is 0 Å². The zero-order chi connectivity index (χ0) is 16.3. The molecule has 0 bridgehead atoms. The molecule has 23 heavy (non-hydrogen) atoms. The molecule has 130 valence electrons. The van der Waals surface area contributed by atoms with E-state index in [2.05, 4.69) is 15.4 Å². The average molecular weight is 366 g/mol. The maximum absolute atomic E-state index is 13.4. The van der Waals surface area contributed by atoms with Gasteiger partial charge in [-0.1, -0.05) is 6.92 Å². The first-order chi connectivity index (χ1) is 10.3. The van der Waals surface area contributed by atoms with Crippen LogP contribution in [-0.2, 0) is 10.0 Å². The van der Waals surface area contributed by atoms with E-state index in [-0.39, 0.29) is 29.7 Å². The average Bonchev–Trinajstić information content (AvgIpc) is 2.42. The molecule has 2 unspecified atom stereocenters. The van der Waals surface area contributed by atoms with Crippen molar-refractivity contribution in [2.75, 3.05) is 24.1 Å². The molecule has 2 atom stereocenters. The number of hydrogen-bond acceptors (Lipinski definition) is 4. The Bertz CT molecular complexity index is 669. The van der Waals surface area contributed by atoms with Crippen LogP contribution in [0.15, 0.2) is 18.2 Å². The highest BCUT2D eigenvalue weighted by molar-refractivity contribution is 7.92. The summed E-state index contributed by atoms with van der Waals surface area (Å²) in [5.74, 6) is -0.796. The summed E-state index contributed by atoms with van der Waals surface area (Å²) in [7, 11) is -3.55. The number of sulfonamides is 1. The minimum Gasteiger partial charge on any atom is -0.348 e. The topological polar surface area (TPSA) is 87.3 Å². The van der Waals surface area contributed by atoms with E-state index in [4.69, 9.17) is 0 Å². The highest BCUT2D eigenvalue weighted by atomic mass is 35.5. The molecular formula is C14H21ClFN3O3S. The fraction of sp³-hybridized carbons (Fsp3) is 0.500. The van der Waals surface area contributed by atoms with Gasteiger partial charge in [0.15, 0.2) is 0 Å². The van der Waals surface area contributed by atoms with Crippen molar-refractivity contribution in [3.05, 3.63) is 29.6 Å². The van der Waals surface area contributed by atoms with Gasteiger partial charge < -0.3 is 10.6 Å². The van der Waals surface area contributed by atoms with Crippen LogP contribution in [0.1, 0.15) is 23.7 Å². The van der Waals surface area contributed by atoms with Crippen LogP contribution in [0, 0.1) is 11.7 Å². The minimum absolute atomic E-state index is 0. The van der Waals surface area contributed by atoms with Gasteiger partial charge in [0.25, 0.3) is 5.91 Å². The van der Waals surface area contributed by atoms with E-state index in [1.165, 1.54) is 6.07 Å². The summed E-state index contributed by atoms with van der Waals surface area (Å²) < 4.78 is 38.4. The molecule has 3 N–H and O–H groups in total. The third kappa shape index (κ3) is 5.63. The standard InChI is InChI=1S/C14H20FN3O3S.ClH/c1-9-5-6-16-8-13(9)17-14(19)11-7-10(15)3-4-12(11)18-22(2,20)21;/h3-4,7,9,13,16,18H,5-6,8H2,1-2H3,(H,17,19);1H. The van der Waals surface area contributed by atoms with Gasteiger partial charge in [0.1, 0.15) is 5.82 Å². The molecule has 1 aromatic rings. The fourth-order valence-corrected chi connectivity index (χ4v) is 3.00. The summed E-state index contributed by atoms with van der Waals surface area (Å²) in [6.45, 7) is 3.57. The lowest BCUT2D eigenvalue weighted by molar-refractivity contribution is 0.0915. The minimum atomic E-state index is -3.55. The maximum atomic E-state index is 13.4. The maximum Gasteiger partial charge on any atom is 0.253 e. The molecule has 0 spiro atoms. The molecule has 0 radical (unpaired) electrons. The molecule has 0 aliphatic carbocycles. The first kappa shape index (κ1) is 19.7. The monoisotopic (exact) mass is 365 g/mol. The van der Waals surface area contributed by atoms with Crippen LogP contribution in [0.2, 0.25) is 0 Å². The van der Waals surface area contributed by atoms with Crippen LogP contribution in [0.4, 0.5) is 10.1 Å². The summed E-state index contributed by atoms with van der Waals surface area (Å²) in [4.78, 5) is 12.4. The van der Waals surface area contributed by atoms with E-state index >= 15 is 0 Å². The number of anilines is 1. The number of amides is 1. The Morgan fingerprint density at radius 2 is 2.09 bits per heavy atom. The number of carbonyl (C=O) groups excluding carboxylic acids is 1. The molecule has 9 heteroatoms. The Hall–Kier alpha value is -1.38. The quantitative estimate of drug-likeness (QED) is 0.751. The molecule has 0 aromatic heterocycles. The summed E-state index contributed by atoms with van der Waals surface area (Å²) >= 11 is 0. The van der Waals surface area contributed by atoms with Crippen LogP contribution in [0.3, 0.4) is 0 Å². The number of piperidine rings is 1. The smallest absolute Gasteiger partial charge is 0.253 e. The van der Waals surface area contributed by atoms with Gasteiger partial charge in [0.2, 0.25) is 10.0 Å².